The molecule has 6 rings (SSSR count). The van der Waals surface area contributed by atoms with Crippen molar-refractivity contribution < 1.29 is 54.2 Å². The largest absolute Gasteiger partial charge is 0.459 e. The van der Waals surface area contributed by atoms with E-state index in [1.54, 1.807) is 6.07 Å². The van der Waals surface area contributed by atoms with Gasteiger partial charge in [0.05, 0.1) is 28.6 Å². The number of carbonyl (C=O) groups is 2. The summed E-state index contributed by atoms with van der Waals surface area (Å²) < 4.78 is 137. The second-order valence-electron chi connectivity index (χ2n) is 12.6. The van der Waals surface area contributed by atoms with E-state index in [1.165, 1.54) is 24.3 Å². The van der Waals surface area contributed by atoms with Crippen LogP contribution in [0.25, 0.3) is 0 Å². The molecular formula is C37H32F8N4O4. The van der Waals surface area contributed by atoms with Gasteiger partial charge >= 0.3 is 11.9 Å². The summed E-state index contributed by atoms with van der Waals surface area (Å²) in [4.78, 5) is 25.2. The minimum Gasteiger partial charge on any atom is -0.459 e. The molecule has 1 unspecified atom stereocenters. The van der Waals surface area contributed by atoms with E-state index in [-0.39, 0.29) is 57.5 Å². The van der Waals surface area contributed by atoms with E-state index in [9.17, 15) is 9.59 Å². The molecule has 3 aliphatic heterocycles. The predicted octanol–water partition coefficient (Wildman–Crippen LogP) is 7.55. The monoisotopic (exact) mass is 748 g/mol. The van der Waals surface area contributed by atoms with Crippen LogP contribution in [-0.4, -0.2) is 56.0 Å². The topological polar surface area (TPSA) is 74.7 Å². The molecule has 0 aromatic heterocycles. The second kappa shape index (κ2) is 15.3. The van der Waals surface area contributed by atoms with Gasteiger partial charge in [-0.3, -0.25) is 5.01 Å². The van der Waals surface area contributed by atoms with Gasteiger partial charge in [-0.2, -0.15) is 5.10 Å². The molecule has 0 saturated carbocycles. The van der Waals surface area contributed by atoms with Crippen molar-refractivity contribution in [3.05, 3.63) is 113 Å². The number of anilines is 3. The van der Waals surface area contributed by atoms with Crippen LogP contribution in [0, 0.1) is 46.5 Å². The molecule has 3 aromatic carbocycles. The number of rotatable bonds is 9. The van der Waals surface area contributed by atoms with Crippen molar-refractivity contribution in [2.24, 2.45) is 5.10 Å². The van der Waals surface area contributed by atoms with Crippen molar-refractivity contribution in [2.45, 2.75) is 50.4 Å². The fourth-order valence-corrected chi connectivity index (χ4v) is 6.88. The highest BCUT2D eigenvalue weighted by Crippen LogP contribution is 2.44. The molecule has 0 radical (unpaired) electrons. The van der Waals surface area contributed by atoms with Crippen LogP contribution in [0.3, 0.4) is 0 Å². The highest BCUT2D eigenvalue weighted by atomic mass is 19.2. The standard InChI is InChI=1S/C37H32F8N4O4/c1-3-24(50)52-20-10-14-47(15-11-20)36-32(42)28(38)26(29(39)33(36)43)22-18-23(49(46-22)19-8-6-5-7-9-19)27-30(40)34(44)37(35(45)31(27)41)48-16-12-21(13-17-48)53-25(51)4-2/h3-9,20-21,23H,1-2,10-18H2. The fraction of sp³-hybridized carbons (Fsp3) is 0.324. The van der Waals surface area contributed by atoms with Crippen molar-refractivity contribution in [2.75, 3.05) is 41.0 Å². The lowest BCUT2D eigenvalue weighted by molar-refractivity contribution is -0.144. The molecule has 3 aromatic rings. The Morgan fingerprint density at radius 2 is 1.06 bits per heavy atom. The van der Waals surface area contributed by atoms with Crippen LogP contribution < -0.4 is 14.8 Å². The van der Waals surface area contributed by atoms with Crippen LogP contribution >= 0.6 is 0 Å². The maximum absolute atomic E-state index is 16.0. The molecule has 0 N–H and O–H groups in total. The number of benzene rings is 3. The summed E-state index contributed by atoms with van der Waals surface area (Å²) in [6, 6.07) is 5.58. The summed E-state index contributed by atoms with van der Waals surface area (Å²) in [6.45, 7) is 6.10. The van der Waals surface area contributed by atoms with Gasteiger partial charge in [-0.05, 0) is 12.1 Å². The zero-order valence-corrected chi connectivity index (χ0v) is 28.0. The molecule has 53 heavy (non-hydrogen) atoms. The molecule has 2 fully saturated rings. The van der Waals surface area contributed by atoms with Gasteiger partial charge in [0.1, 0.15) is 23.6 Å². The molecule has 1 atom stereocenters. The zero-order valence-electron chi connectivity index (χ0n) is 28.0. The Morgan fingerprint density at radius 3 is 1.47 bits per heavy atom. The molecular weight excluding hydrogens is 716 g/mol. The number of nitrogens with zero attached hydrogens (tertiary/aromatic N) is 4. The molecule has 0 aliphatic carbocycles. The molecule has 0 spiro atoms. The average Bonchev–Trinajstić information content (AvgIpc) is 3.59. The Balaban J connectivity index is 1.34. The predicted molar refractivity (Wildman–Crippen MR) is 178 cm³/mol. The van der Waals surface area contributed by atoms with E-state index in [2.05, 4.69) is 18.3 Å². The lowest BCUT2D eigenvalue weighted by Crippen LogP contribution is -2.39. The first-order valence-corrected chi connectivity index (χ1v) is 16.7. The third-order valence-corrected chi connectivity index (χ3v) is 9.48. The van der Waals surface area contributed by atoms with E-state index in [4.69, 9.17) is 9.47 Å². The van der Waals surface area contributed by atoms with Gasteiger partial charge in [0.25, 0.3) is 0 Å². The van der Waals surface area contributed by atoms with Crippen molar-refractivity contribution in [1.29, 1.82) is 0 Å². The number of hydrogen-bond donors (Lipinski definition) is 0. The van der Waals surface area contributed by atoms with Crippen LogP contribution in [0.4, 0.5) is 52.2 Å². The number of piperidine rings is 2. The van der Waals surface area contributed by atoms with E-state index < -0.39 is 111 Å². The van der Waals surface area contributed by atoms with Crippen molar-refractivity contribution in [3.8, 4) is 0 Å². The molecule has 3 aliphatic rings. The Kier molecular flexibility index (Phi) is 10.8. The first-order valence-electron chi connectivity index (χ1n) is 16.7. The smallest absolute Gasteiger partial charge is 0.330 e. The number of ether oxygens (including phenoxy) is 2. The lowest BCUT2D eigenvalue weighted by atomic mass is 9.94. The normalized spacial score (nSPS) is 18.2. The molecule has 16 heteroatoms. The van der Waals surface area contributed by atoms with E-state index in [1.807, 2.05) is 0 Å². The maximum Gasteiger partial charge on any atom is 0.330 e. The zero-order chi connectivity index (χ0) is 38.1. The van der Waals surface area contributed by atoms with Crippen LogP contribution in [-0.2, 0) is 19.1 Å². The van der Waals surface area contributed by atoms with Gasteiger partial charge in [0, 0.05) is 70.4 Å². The second-order valence-corrected chi connectivity index (χ2v) is 12.6. The fourth-order valence-electron chi connectivity index (χ4n) is 6.88. The van der Waals surface area contributed by atoms with E-state index >= 15 is 35.1 Å². The Morgan fingerprint density at radius 1 is 0.642 bits per heavy atom. The SMILES string of the molecule is C=CC(=O)OC1CCN(c2c(F)c(F)c(C3=NN(c4ccccc4)C(c4c(F)c(F)c(N5CCC(OC(=O)C=C)CC5)c(F)c4F)C3)c(F)c2F)CC1. The highest BCUT2D eigenvalue weighted by molar-refractivity contribution is 6.04. The van der Waals surface area contributed by atoms with Crippen LogP contribution in [0.1, 0.15) is 49.3 Å². The summed E-state index contributed by atoms with van der Waals surface area (Å²) in [5, 5.41) is 4.97. The lowest BCUT2D eigenvalue weighted by Gasteiger charge is -2.34. The Bertz CT molecular complexity index is 1920. The van der Waals surface area contributed by atoms with E-state index in [0.717, 1.165) is 27.0 Å². The first kappa shape index (κ1) is 37.4. The van der Waals surface area contributed by atoms with Crippen molar-refractivity contribution in [1.82, 2.24) is 0 Å². The Hall–Kier alpha value is -5.41. The average molecular weight is 749 g/mol. The van der Waals surface area contributed by atoms with Gasteiger partial charge < -0.3 is 19.3 Å². The molecule has 280 valence electrons. The molecule has 0 amide bonds. The van der Waals surface area contributed by atoms with Crippen LogP contribution in [0.2, 0.25) is 0 Å². The minimum absolute atomic E-state index is 0.0748. The summed E-state index contributed by atoms with van der Waals surface area (Å²) >= 11 is 0. The maximum atomic E-state index is 16.0. The number of hydrogen-bond acceptors (Lipinski definition) is 8. The minimum atomic E-state index is -1.85. The third-order valence-electron chi connectivity index (χ3n) is 9.48. The number of carbonyl (C=O) groups excluding carboxylic acids is 2. The molecule has 3 heterocycles. The summed E-state index contributed by atoms with van der Waals surface area (Å²) in [7, 11) is 0. The van der Waals surface area contributed by atoms with Crippen molar-refractivity contribution in [3.63, 3.8) is 0 Å². The summed E-state index contributed by atoms with van der Waals surface area (Å²) in [5.41, 5.74) is -5.05. The number of esters is 2. The summed E-state index contributed by atoms with van der Waals surface area (Å²) in [5.74, 6) is -15.7. The van der Waals surface area contributed by atoms with Gasteiger partial charge in [0.2, 0.25) is 0 Å². The number of hydrazone groups is 1. The summed E-state index contributed by atoms with van der Waals surface area (Å²) in [6.07, 6.45) is 0.226. The van der Waals surface area contributed by atoms with Crippen LogP contribution in [0.15, 0.2) is 60.7 Å². The first-order chi connectivity index (χ1) is 25.4. The van der Waals surface area contributed by atoms with Gasteiger partial charge in [-0.15, -0.1) is 0 Å². The quantitative estimate of drug-likeness (QED) is 0.0969. The highest BCUT2D eigenvalue weighted by Gasteiger charge is 2.42. The molecule has 8 nitrogen and oxygen atoms in total. The number of halogens is 8. The van der Waals surface area contributed by atoms with Crippen molar-refractivity contribution >= 4 is 34.7 Å². The molecule has 0 bridgehead atoms. The molecule has 2 saturated heterocycles. The Labute approximate surface area is 298 Å². The van der Waals surface area contributed by atoms with Gasteiger partial charge in [0.15, 0.2) is 46.5 Å². The van der Waals surface area contributed by atoms with Gasteiger partial charge in [-0.25, -0.2) is 44.7 Å². The van der Waals surface area contributed by atoms with E-state index in [0.29, 0.717) is 0 Å². The van der Waals surface area contributed by atoms with Crippen LogP contribution in [0.5, 0.6) is 0 Å². The third kappa shape index (κ3) is 7.05. The van der Waals surface area contributed by atoms with Gasteiger partial charge in [-0.1, -0.05) is 31.4 Å². The number of para-hydroxylation sites is 1.